The van der Waals surface area contributed by atoms with E-state index in [0.717, 1.165) is 39.2 Å². The molecule has 0 saturated carbocycles. The molecule has 0 N–H and O–H groups in total. The van der Waals surface area contributed by atoms with Crippen molar-refractivity contribution in [3.8, 4) is 5.75 Å². The minimum absolute atomic E-state index is 0.364. The standard InChI is InChI=1S/C28H30N4O3S/c1-20-26(19-22-11-13-24(35-3)14-12-22)28(30-21(2)29-20)31-15-17-32(18-16-31)36(33,34)27-10-6-8-23-7-4-5-9-25(23)27/h4-14H,15-19H2,1-3H3. The highest BCUT2D eigenvalue weighted by Gasteiger charge is 2.31. The van der Waals surface area contributed by atoms with Gasteiger partial charge in [-0.15, -0.1) is 0 Å². The molecule has 0 radical (unpaired) electrons. The highest BCUT2D eigenvalue weighted by atomic mass is 32.2. The second kappa shape index (κ2) is 9.87. The predicted molar refractivity (Wildman–Crippen MR) is 142 cm³/mol. The molecule has 5 rings (SSSR count). The normalized spacial score (nSPS) is 14.8. The van der Waals surface area contributed by atoms with Crippen LogP contribution in [0.5, 0.6) is 5.75 Å². The lowest BCUT2D eigenvalue weighted by Gasteiger charge is -2.36. The fourth-order valence-electron chi connectivity index (χ4n) is 4.83. The summed E-state index contributed by atoms with van der Waals surface area (Å²) < 4.78 is 34.0. The molecule has 8 heteroatoms. The van der Waals surface area contributed by atoms with Crippen LogP contribution in [-0.4, -0.2) is 56.0 Å². The molecular weight excluding hydrogens is 472 g/mol. The fourth-order valence-corrected chi connectivity index (χ4v) is 6.47. The summed E-state index contributed by atoms with van der Waals surface area (Å²) in [6, 6.07) is 21.1. The van der Waals surface area contributed by atoms with Gasteiger partial charge in [0.2, 0.25) is 10.0 Å². The van der Waals surface area contributed by atoms with Gasteiger partial charge in [0.05, 0.1) is 12.0 Å². The van der Waals surface area contributed by atoms with E-state index in [9.17, 15) is 8.42 Å². The number of fused-ring (bicyclic) bond motifs is 1. The van der Waals surface area contributed by atoms with Crippen LogP contribution in [0.4, 0.5) is 5.82 Å². The van der Waals surface area contributed by atoms with Gasteiger partial charge in [-0.1, -0.05) is 48.5 Å². The molecule has 7 nitrogen and oxygen atoms in total. The maximum Gasteiger partial charge on any atom is 0.243 e. The van der Waals surface area contributed by atoms with Crippen molar-refractivity contribution in [2.24, 2.45) is 0 Å². The highest BCUT2D eigenvalue weighted by molar-refractivity contribution is 7.89. The minimum Gasteiger partial charge on any atom is -0.497 e. The molecule has 2 heterocycles. The Hall–Kier alpha value is -3.49. The number of ether oxygens (including phenoxy) is 1. The van der Waals surface area contributed by atoms with Gasteiger partial charge in [0.1, 0.15) is 17.4 Å². The van der Waals surface area contributed by atoms with E-state index in [1.807, 2.05) is 62.4 Å². The van der Waals surface area contributed by atoms with Crippen molar-refractivity contribution >= 4 is 26.6 Å². The number of aromatic nitrogens is 2. The first-order valence-electron chi connectivity index (χ1n) is 12.1. The molecule has 186 valence electrons. The van der Waals surface area contributed by atoms with Crippen molar-refractivity contribution in [3.05, 3.63) is 89.4 Å². The molecule has 1 aromatic heterocycles. The third kappa shape index (κ3) is 4.66. The largest absolute Gasteiger partial charge is 0.497 e. The summed E-state index contributed by atoms with van der Waals surface area (Å²) >= 11 is 0. The number of rotatable bonds is 6. The Kier molecular flexibility index (Phi) is 6.64. The van der Waals surface area contributed by atoms with Crippen molar-refractivity contribution in [1.82, 2.24) is 14.3 Å². The lowest BCUT2D eigenvalue weighted by Crippen LogP contribution is -2.49. The van der Waals surface area contributed by atoms with Gasteiger partial charge >= 0.3 is 0 Å². The Morgan fingerprint density at radius 2 is 1.56 bits per heavy atom. The first-order valence-corrected chi connectivity index (χ1v) is 13.5. The van der Waals surface area contributed by atoms with Crippen LogP contribution in [0, 0.1) is 13.8 Å². The molecule has 0 atom stereocenters. The Morgan fingerprint density at radius 3 is 2.28 bits per heavy atom. The number of sulfonamides is 1. The van der Waals surface area contributed by atoms with Crippen LogP contribution < -0.4 is 9.64 Å². The van der Waals surface area contributed by atoms with Crippen LogP contribution in [0.25, 0.3) is 10.8 Å². The van der Waals surface area contributed by atoms with E-state index >= 15 is 0 Å². The minimum atomic E-state index is -3.61. The van der Waals surface area contributed by atoms with E-state index in [4.69, 9.17) is 9.72 Å². The van der Waals surface area contributed by atoms with E-state index in [1.165, 1.54) is 0 Å². The molecule has 0 spiro atoms. The first-order chi connectivity index (χ1) is 17.4. The van der Waals surface area contributed by atoms with Crippen LogP contribution in [-0.2, 0) is 16.4 Å². The van der Waals surface area contributed by atoms with E-state index in [2.05, 4.69) is 22.0 Å². The zero-order valence-electron chi connectivity index (χ0n) is 20.8. The molecule has 1 aliphatic heterocycles. The van der Waals surface area contributed by atoms with E-state index in [-0.39, 0.29) is 0 Å². The summed E-state index contributed by atoms with van der Waals surface area (Å²) in [4.78, 5) is 12.0. The quantitative estimate of drug-likeness (QED) is 0.390. The number of nitrogens with zero attached hydrogens (tertiary/aromatic N) is 4. The van der Waals surface area contributed by atoms with Crippen LogP contribution in [0.2, 0.25) is 0 Å². The maximum absolute atomic E-state index is 13.6. The van der Waals surface area contributed by atoms with Gasteiger partial charge in [-0.3, -0.25) is 0 Å². The average molecular weight is 503 g/mol. The molecule has 4 aromatic rings. The molecule has 1 fully saturated rings. The average Bonchev–Trinajstić information content (AvgIpc) is 2.90. The molecule has 0 unspecified atom stereocenters. The number of methoxy groups -OCH3 is 1. The topological polar surface area (TPSA) is 75.6 Å². The highest BCUT2D eigenvalue weighted by Crippen LogP contribution is 2.29. The SMILES string of the molecule is COc1ccc(Cc2c(C)nc(C)nc2N2CCN(S(=O)(=O)c3cccc4ccccc34)CC2)cc1. The molecule has 0 aliphatic carbocycles. The molecule has 1 saturated heterocycles. The summed E-state index contributed by atoms with van der Waals surface area (Å²) in [5.74, 6) is 2.42. The lowest BCUT2D eigenvalue weighted by atomic mass is 10.0. The van der Waals surface area contributed by atoms with E-state index < -0.39 is 10.0 Å². The summed E-state index contributed by atoms with van der Waals surface area (Å²) in [5.41, 5.74) is 3.15. The second-order valence-electron chi connectivity index (χ2n) is 9.05. The zero-order valence-corrected chi connectivity index (χ0v) is 21.6. The monoisotopic (exact) mass is 502 g/mol. The van der Waals surface area contributed by atoms with E-state index in [1.54, 1.807) is 17.5 Å². The van der Waals surface area contributed by atoms with Crippen LogP contribution >= 0.6 is 0 Å². The lowest BCUT2D eigenvalue weighted by molar-refractivity contribution is 0.383. The summed E-state index contributed by atoms with van der Waals surface area (Å²) in [7, 11) is -1.96. The summed E-state index contributed by atoms with van der Waals surface area (Å²) in [6.45, 7) is 5.84. The number of aryl methyl sites for hydroxylation is 2. The predicted octanol–water partition coefficient (Wildman–Crippen LogP) is 4.36. The van der Waals surface area contributed by atoms with Crippen LogP contribution in [0.3, 0.4) is 0 Å². The van der Waals surface area contributed by atoms with Gasteiger partial charge in [0.15, 0.2) is 0 Å². The number of piperazine rings is 1. The van der Waals surface area contributed by atoms with Gasteiger partial charge in [0, 0.05) is 49.2 Å². The van der Waals surface area contributed by atoms with Crippen LogP contribution in [0.15, 0.2) is 71.6 Å². The maximum atomic E-state index is 13.6. The first kappa shape index (κ1) is 24.2. The number of hydrogen-bond acceptors (Lipinski definition) is 6. The molecular formula is C28H30N4O3S. The van der Waals surface area contributed by atoms with Gasteiger partial charge in [-0.25, -0.2) is 18.4 Å². The van der Waals surface area contributed by atoms with Crippen molar-refractivity contribution in [1.29, 1.82) is 0 Å². The molecule has 0 amide bonds. The number of anilines is 1. The smallest absolute Gasteiger partial charge is 0.243 e. The Bertz CT molecular complexity index is 1490. The molecule has 1 aliphatic rings. The van der Waals surface area contributed by atoms with Crippen molar-refractivity contribution < 1.29 is 13.2 Å². The fraction of sp³-hybridized carbons (Fsp3) is 0.286. The molecule has 3 aromatic carbocycles. The Balaban J connectivity index is 1.39. The summed E-state index contributed by atoms with van der Waals surface area (Å²) in [6.07, 6.45) is 0.694. The third-order valence-electron chi connectivity index (χ3n) is 6.75. The molecule has 36 heavy (non-hydrogen) atoms. The van der Waals surface area contributed by atoms with E-state index in [0.29, 0.717) is 43.3 Å². The van der Waals surface area contributed by atoms with Crippen molar-refractivity contribution in [2.75, 3.05) is 38.2 Å². The Morgan fingerprint density at radius 1 is 0.861 bits per heavy atom. The van der Waals surface area contributed by atoms with Gasteiger partial charge < -0.3 is 9.64 Å². The number of hydrogen-bond donors (Lipinski definition) is 0. The summed E-state index contributed by atoms with van der Waals surface area (Å²) in [5, 5.41) is 1.68. The Labute approximate surface area is 212 Å². The third-order valence-corrected chi connectivity index (χ3v) is 8.71. The van der Waals surface area contributed by atoms with Crippen LogP contribution in [0.1, 0.15) is 22.6 Å². The molecule has 0 bridgehead atoms. The second-order valence-corrected chi connectivity index (χ2v) is 11.0. The van der Waals surface area contributed by atoms with Gasteiger partial charge in [0.25, 0.3) is 0 Å². The van der Waals surface area contributed by atoms with Gasteiger partial charge in [-0.05, 0) is 43.0 Å². The zero-order chi connectivity index (χ0) is 25.3. The number of benzene rings is 3. The van der Waals surface area contributed by atoms with Crippen molar-refractivity contribution in [2.45, 2.75) is 25.2 Å². The van der Waals surface area contributed by atoms with Gasteiger partial charge in [-0.2, -0.15) is 4.31 Å². The van der Waals surface area contributed by atoms with Crippen molar-refractivity contribution in [3.63, 3.8) is 0 Å².